The van der Waals surface area contributed by atoms with Crippen molar-refractivity contribution in [1.82, 2.24) is 5.43 Å². The van der Waals surface area contributed by atoms with Gasteiger partial charge >= 0.3 is 0 Å². The molecule has 194 valence electrons. The molecular formula is C26H27N3O6S2. The lowest BCUT2D eigenvalue weighted by atomic mass is 10.2. The average Bonchev–Trinajstić information content (AvgIpc) is 2.90. The second kappa shape index (κ2) is 12.0. The zero-order valence-corrected chi connectivity index (χ0v) is 22.0. The number of hydrogen-bond acceptors (Lipinski definition) is 8. The van der Waals surface area contributed by atoms with Gasteiger partial charge in [-0.15, -0.1) is 0 Å². The van der Waals surface area contributed by atoms with Crippen molar-refractivity contribution in [1.29, 1.82) is 0 Å². The van der Waals surface area contributed by atoms with E-state index in [1.165, 1.54) is 32.6 Å². The lowest BCUT2D eigenvalue weighted by molar-refractivity contribution is -0.119. The van der Waals surface area contributed by atoms with Crippen LogP contribution in [0.15, 0.2) is 82.8 Å². The number of nitrogens with one attached hydrogen (secondary N) is 1. The van der Waals surface area contributed by atoms with Crippen LogP contribution in [0, 0.1) is 0 Å². The number of amides is 1. The second-order valence-corrected chi connectivity index (χ2v) is 10.9. The van der Waals surface area contributed by atoms with Crippen molar-refractivity contribution in [2.24, 2.45) is 5.10 Å². The van der Waals surface area contributed by atoms with Crippen molar-refractivity contribution in [3.63, 3.8) is 0 Å². The standard InChI is InChI=1S/C26H27N3O6S2/c1-33-20-11-13-23(14-12-20)37(31,32)29(24-5-3-4-6-25(24)34-2)16-26(30)28-27-15-19-7-9-21(10-8-19)35-22-17-36-18-22/h3-15,22H,16-18H2,1-2H3,(H,28,30)/b27-15-. The van der Waals surface area contributed by atoms with Crippen LogP contribution in [0.25, 0.3) is 0 Å². The van der Waals surface area contributed by atoms with E-state index >= 15 is 0 Å². The number of carbonyl (C=O) groups is 1. The van der Waals surface area contributed by atoms with Gasteiger partial charge < -0.3 is 14.2 Å². The zero-order chi connectivity index (χ0) is 26.3. The Morgan fingerprint density at radius 2 is 1.68 bits per heavy atom. The summed E-state index contributed by atoms with van der Waals surface area (Å²) < 4.78 is 44.4. The third-order valence-corrected chi connectivity index (χ3v) is 8.47. The fourth-order valence-corrected chi connectivity index (χ4v) is 5.46. The maximum Gasteiger partial charge on any atom is 0.264 e. The summed E-state index contributed by atoms with van der Waals surface area (Å²) in [4.78, 5) is 12.8. The van der Waals surface area contributed by atoms with Crippen molar-refractivity contribution in [3.05, 3.63) is 78.4 Å². The number of rotatable bonds is 11. The monoisotopic (exact) mass is 541 g/mol. The molecule has 1 N–H and O–H groups in total. The molecular weight excluding hydrogens is 514 g/mol. The molecule has 1 saturated heterocycles. The summed E-state index contributed by atoms with van der Waals surface area (Å²) in [7, 11) is -1.20. The first-order valence-electron chi connectivity index (χ1n) is 11.4. The van der Waals surface area contributed by atoms with Crippen LogP contribution in [0.1, 0.15) is 5.56 Å². The van der Waals surface area contributed by atoms with E-state index < -0.39 is 22.5 Å². The minimum absolute atomic E-state index is 0.00156. The molecule has 0 aliphatic carbocycles. The highest BCUT2D eigenvalue weighted by Gasteiger charge is 2.29. The molecule has 3 aromatic rings. The Labute approximate surface area is 220 Å². The highest BCUT2D eigenvalue weighted by Crippen LogP contribution is 2.32. The molecule has 0 spiro atoms. The Hall–Kier alpha value is -3.70. The van der Waals surface area contributed by atoms with Crippen LogP contribution in [-0.2, 0) is 14.8 Å². The molecule has 4 rings (SSSR count). The van der Waals surface area contributed by atoms with Crippen LogP contribution in [0.2, 0.25) is 0 Å². The van der Waals surface area contributed by atoms with Gasteiger partial charge in [0.1, 0.15) is 29.9 Å². The van der Waals surface area contributed by atoms with Gasteiger partial charge in [0.25, 0.3) is 15.9 Å². The van der Waals surface area contributed by atoms with Crippen molar-refractivity contribution < 1.29 is 27.4 Å². The lowest BCUT2D eigenvalue weighted by Gasteiger charge is -2.25. The molecule has 0 atom stereocenters. The van der Waals surface area contributed by atoms with Gasteiger partial charge in [-0.25, -0.2) is 13.8 Å². The quantitative estimate of drug-likeness (QED) is 0.292. The largest absolute Gasteiger partial charge is 0.497 e. The van der Waals surface area contributed by atoms with E-state index in [1.807, 2.05) is 36.0 Å². The van der Waals surface area contributed by atoms with Gasteiger partial charge in [-0.05, 0) is 66.2 Å². The number of hydrogen-bond donors (Lipinski definition) is 1. The number of methoxy groups -OCH3 is 2. The van der Waals surface area contributed by atoms with Gasteiger partial charge in [-0.2, -0.15) is 16.9 Å². The molecule has 37 heavy (non-hydrogen) atoms. The number of sulfonamides is 1. The first-order valence-corrected chi connectivity index (χ1v) is 14.0. The minimum atomic E-state index is -4.13. The lowest BCUT2D eigenvalue weighted by Crippen LogP contribution is -2.39. The number of nitrogens with zero attached hydrogens (tertiary/aromatic N) is 2. The highest BCUT2D eigenvalue weighted by atomic mass is 32.2. The predicted molar refractivity (Wildman–Crippen MR) is 144 cm³/mol. The first kappa shape index (κ1) is 26.4. The van der Waals surface area contributed by atoms with Crippen molar-refractivity contribution in [2.75, 3.05) is 36.6 Å². The van der Waals surface area contributed by atoms with E-state index in [4.69, 9.17) is 14.2 Å². The van der Waals surface area contributed by atoms with Gasteiger partial charge in [-0.3, -0.25) is 9.10 Å². The fraction of sp³-hybridized carbons (Fsp3) is 0.231. The van der Waals surface area contributed by atoms with Crippen molar-refractivity contribution in [2.45, 2.75) is 11.0 Å². The summed E-state index contributed by atoms with van der Waals surface area (Å²) in [6.45, 7) is -0.516. The Bertz CT molecular complexity index is 1340. The van der Waals surface area contributed by atoms with E-state index in [-0.39, 0.29) is 16.7 Å². The smallest absolute Gasteiger partial charge is 0.264 e. The normalized spacial score (nSPS) is 13.6. The van der Waals surface area contributed by atoms with Gasteiger partial charge in [0.15, 0.2) is 0 Å². The summed E-state index contributed by atoms with van der Waals surface area (Å²) in [6, 6.07) is 19.8. The molecule has 1 aliphatic heterocycles. The maximum absolute atomic E-state index is 13.6. The summed E-state index contributed by atoms with van der Waals surface area (Å²) >= 11 is 1.85. The van der Waals surface area contributed by atoms with Crippen LogP contribution >= 0.6 is 11.8 Å². The van der Waals surface area contributed by atoms with E-state index in [1.54, 1.807) is 36.4 Å². The molecule has 0 aromatic heterocycles. The zero-order valence-electron chi connectivity index (χ0n) is 20.4. The van der Waals surface area contributed by atoms with Gasteiger partial charge in [-0.1, -0.05) is 12.1 Å². The number of carbonyl (C=O) groups excluding carboxylic acids is 1. The minimum Gasteiger partial charge on any atom is -0.497 e. The maximum atomic E-state index is 13.6. The number of hydrazone groups is 1. The molecule has 0 bridgehead atoms. The SMILES string of the molecule is COc1ccc(S(=O)(=O)N(CC(=O)N/N=C\c2ccc(OC3CSC3)cc2)c2ccccc2OC)cc1. The highest BCUT2D eigenvalue weighted by molar-refractivity contribution is 8.00. The van der Waals surface area contributed by atoms with Gasteiger partial charge in [0, 0.05) is 11.5 Å². The van der Waals surface area contributed by atoms with Crippen LogP contribution in [-0.4, -0.2) is 58.9 Å². The van der Waals surface area contributed by atoms with E-state index in [2.05, 4.69) is 10.5 Å². The van der Waals surface area contributed by atoms with Crippen molar-refractivity contribution >= 4 is 39.6 Å². The summed E-state index contributed by atoms with van der Waals surface area (Å²) in [6.07, 6.45) is 1.73. The number of anilines is 1. The number of benzene rings is 3. The molecule has 1 amide bonds. The Kier molecular flexibility index (Phi) is 8.57. The summed E-state index contributed by atoms with van der Waals surface area (Å²) in [5.74, 6) is 2.96. The average molecular weight is 542 g/mol. The molecule has 0 saturated carbocycles. The van der Waals surface area contributed by atoms with Crippen LogP contribution in [0.5, 0.6) is 17.2 Å². The van der Waals surface area contributed by atoms with E-state index in [9.17, 15) is 13.2 Å². The Balaban J connectivity index is 1.49. The van der Waals surface area contributed by atoms with Crippen LogP contribution < -0.4 is 23.9 Å². The number of ether oxygens (including phenoxy) is 3. The molecule has 1 heterocycles. The molecule has 3 aromatic carbocycles. The Morgan fingerprint density at radius 3 is 2.30 bits per heavy atom. The molecule has 1 aliphatic rings. The number of thioether (sulfide) groups is 1. The van der Waals surface area contributed by atoms with Crippen LogP contribution in [0.4, 0.5) is 5.69 Å². The van der Waals surface area contributed by atoms with E-state index in [0.29, 0.717) is 11.5 Å². The second-order valence-electron chi connectivity index (χ2n) is 8.00. The van der Waals surface area contributed by atoms with Crippen molar-refractivity contribution in [3.8, 4) is 17.2 Å². The Morgan fingerprint density at radius 1 is 1.00 bits per heavy atom. The topological polar surface area (TPSA) is 107 Å². The first-order chi connectivity index (χ1) is 17.9. The molecule has 1 fully saturated rings. The van der Waals surface area contributed by atoms with E-state index in [0.717, 1.165) is 27.1 Å². The molecule has 11 heteroatoms. The summed E-state index contributed by atoms with van der Waals surface area (Å²) in [5.41, 5.74) is 3.38. The van der Waals surface area contributed by atoms with Gasteiger partial charge in [0.2, 0.25) is 0 Å². The predicted octanol–water partition coefficient (Wildman–Crippen LogP) is 3.54. The molecule has 0 radical (unpaired) electrons. The third kappa shape index (κ3) is 6.55. The molecule has 9 nitrogen and oxygen atoms in total. The van der Waals surface area contributed by atoms with Crippen LogP contribution in [0.3, 0.4) is 0 Å². The summed E-state index contributed by atoms with van der Waals surface area (Å²) in [5, 5.41) is 3.99. The number of para-hydroxylation sites is 2. The molecule has 0 unspecified atom stereocenters. The van der Waals surface area contributed by atoms with Gasteiger partial charge in [0.05, 0.1) is 31.0 Å². The fourth-order valence-electron chi connectivity index (χ4n) is 3.46. The third-order valence-electron chi connectivity index (χ3n) is 5.48.